The summed E-state index contributed by atoms with van der Waals surface area (Å²) >= 11 is 6.20. The quantitative estimate of drug-likeness (QED) is 0.0998. The van der Waals surface area contributed by atoms with E-state index in [0.717, 1.165) is 24.8 Å². The molecule has 36 heavy (non-hydrogen) atoms. The molecule has 0 fully saturated rings. The van der Waals surface area contributed by atoms with Gasteiger partial charge in [-0.3, -0.25) is 9.59 Å². The van der Waals surface area contributed by atoms with Crippen molar-refractivity contribution in [2.45, 2.75) is 90.9 Å². The lowest BCUT2D eigenvalue weighted by molar-refractivity contribution is -0.115. The Balaban J connectivity index is 1.70. The Morgan fingerprint density at radius 3 is 2.08 bits per heavy atom. The zero-order valence-corrected chi connectivity index (χ0v) is 22.5. The number of carbonyl (C=O) groups excluding carboxylic acids is 3. The molecule has 0 heterocycles. The highest BCUT2D eigenvalue weighted by atomic mass is 35.5. The number of unbranched alkanes of at least 4 members (excludes halogenated alkanes) is 10. The first-order chi connectivity index (χ1) is 17.4. The minimum absolute atomic E-state index is 0.274. The van der Waals surface area contributed by atoms with Crippen LogP contribution in [-0.4, -0.2) is 24.3 Å². The first-order valence-electron chi connectivity index (χ1n) is 13.3. The molecule has 0 unspecified atom stereocenters. The number of aryl methyl sites for hydroxylation is 1. The Kier molecular flexibility index (Phi) is 13.9. The monoisotopic (exact) mass is 513 g/mol. The Labute approximate surface area is 221 Å². The number of hydrogen-bond acceptors (Lipinski definition) is 4. The normalized spacial score (nSPS) is 10.8. The van der Waals surface area contributed by atoms with Crippen molar-refractivity contribution in [2.24, 2.45) is 0 Å². The SMILES string of the molecule is CCCCCCCCCCCCCOC(=O)c1ccc(Cl)c(NC(=O)CC(=O)c2ccccc2C)c1. The molecule has 0 aliphatic carbocycles. The second kappa shape index (κ2) is 16.9. The third-order valence-corrected chi connectivity index (χ3v) is 6.55. The number of amides is 1. The number of rotatable bonds is 17. The Morgan fingerprint density at radius 2 is 1.44 bits per heavy atom. The van der Waals surface area contributed by atoms with Crippen molar-refractivity contribution in [1.29, 1.82) is 0 Å². The standard InChI is InChI=1S/C30H40ClNO4/c1-3-4-5-6-7-8-9-10-11-12-15-20-36-30(35)24-18-19-26(31)27(21-24)32-29(34)22-28(33)25-17-14-13-16-23(25)2/h13-14,16-19,21H,3-12,15,20,22H2,1-2H3,(H,32,34). The molecule has 0 atom stereocenters. The Morgan fingerprint density at radius 1 is 0.833 bits per heavy atom. The number of anilines is 1. The van der Waals surface area contributed by atoms with Crippen molar-refractivity contribution < 1.29 is 19.1 Å². The topological polar surface area (TPSA) is 72.5 Å². The number of Topliss-reactive ketones (excluding diaryl/α,β-unsaturated/α-hetero) is 1. The van der Waals surface area contributed by atoms with Crippen LogP contribution in [0.25, 0.3) is 0 Å². The fraction of sp³-hybridized carbons (Fsp3) is 0.500. The number of benzene rings is 2. The number of nitrogens with one attached hydrogen (secondary N) is 1. The minimum Gasteiger partial charge on any atom is -0.462 e. The molecule has 196 valence electrons. The maximum atomic E-state index is 12.5. The average molecular weight is 514 g/mol. The van der Waals surface area contributed by atoms with Gasteiger partial charge in [-0.05, 0) is 37.1 Å². The van der Waals surface area contributed by atoms with Gasteiger partial charge in [-0.1, -0.05) is 107 Å². The van der Waals surface area contributed by atoms with Crippen LogP contribution in [0.5, 0.6) is 0 Å². The van der Waals surface area contributed by atoms with Gasteiger partial charge >= 0.3 is 5.97 Å². The summed E-state index contributed by atoms with van der Waals surface area (Å²) in [5, 5.41) is 2.93. The molecule has 2 aromatic carbocycles. The molecule has 0 aliphatic rings. The van der Waals surface area contributed by atoms with Crippen molar-refractivity contribution in [1.82, 2.24) is 0 Å². The number of ketones is 1. The molecule has 2 rings (SSSR count). The summed E-state index contributed by atoms with van der Waals surface area (Å²) in [5.41, 5.74) is 1.92. The highest BCUT2D eigenvalue weighted by molar-refractivity contribution is 6.34. The number of ether oxygens (including phenoxy) is 1. The van der Waals surface area contributed by atoms with Gasteiger partial charge in [-0.15, -0.1) is 0 Å². The predicted octanol–water partition coefficient (Wildman–Crippen LogP) is 8.33. The van der Waals surface area contributed by atoms with E-state index in [1.54, 1.807) is 24.3 Å². The largest absolute Gasteiger partial charge is 0.462 e. The maximum Gasteiger partial charge on any atom is 0.338 e. The molecule has 0 saturated heterocycles. The van der Waals surface area contributed by atoms with Gasteiger partial charge in [0, 0.05) is 5.56 Å². The first-order valence-corrected chi connectivity index (χ1v) is 13.7. The second-order valence-electron chi connectivity index (χ2n) is 9.33. The lowest BCUT2D eigenvalue weighted by Crippen LogP contribution is -2.18. The van der Waals surface area contributed by atoms with E-state index in [-0.39, 0.29) is 22.9 Å². The fourth-order valence-electron chi connectivity index (χ4n) is 4.08. The molecule has 0 aliphatic heterocycles. The van der Waals surface area contributed by atoms with Crippen LogP contribution in [0.2, 0.25) is 5.02 Å². The summed E-state index contributed by atoms with van der Waals surface area (Å²) in [6, 6.07) is 11.7. The highest BCUT2D eigenvalue weighted by Crippen LogP contribution is 2.24. The summed E-state index contributed by atoms with van der Waals surface area (Å²) in [6.45, 7) is 4.43. The lowest BCUT2D eigenvalue weighted by atomic mass is 10.0. The summed E-state index contributed by atoms with van der Waals surface area (Å²) in [5.74, 6) is -1.22. The third-order valence-electron chi connectivity index (χ3n) is 6.22. The van der Waals surface area contributed by atoms with E-state index < -0.39 is 11.9 Å². The van der Waals surface area contributed by atoms with Crippen molar-refractivity contribution in [3.05, 3.63) is 64.2 Å². The number of halogens is 1. The molecule has 5 nitrogen and oxygen atoms in total. The van der Waals surface area contributed by atoms with E-state index in [2.05, 4.69) is 12.2 Å². The zero-order valence-electron chi connectivity index (χ0n) is 21.7. The van der Waals surface area contributed by atoms with Crippen LogP contribution >= 0.6 is 11.6 Å². The van der Waals surface area contributed by atoms with Gasteiger partial charge in [0.25, 0.3) is 0 Å². The molecule has 6 heteroatoms. The third kappa shape index (κ3) is 10.9. The van der Waals surface area contributed by atoms with Crippen molar-refractivity contribution in [3.8, 4) is 0 Å². The lowest BCUT2D eigenvalue weighted by Gasteiger charge is -2.10. The molecule has 2 aromatic rings. The maximum absolute atomic E-state index is 12.5. The van der Waals surface area contributed by atoms with Gasteiger partial charge in [0.2, 0.25) is 5.91 Å². The van der Waals surface area contributed by atoms with Gasteiger partial charge in [0.15, 0.2) is 5.78 Å². The second-order valence-corrected chi connectivity index (χ2v) is 9.74. The van der Waals surface area contributed by atoms with Crippen LogP contribution in [0, 0.1) is 6.92 Å². The summed E-state index contributed by atoms with van der Waals surface area (Å²) < 4.78 is 5.40. The summed E-state index contributed by atoms with van der Waals surface area (Å²) in [4.78, 5) is 37.3. The Hall–Kier alpha value is -2.66. The minimum atomic E-state index is -0.489. The van der Waals surface area contributed by atoms with Gasteiger partial charge in [-0.25, -0.2) is 4.79 Å². The van der Waals surface area contributed by atoms with E-state index in [4.69, 9.17) is 16.3 Å². The zero-order chi connectivity index (χ0) is 26.2. The van der Waals surface area contributed by atoms with Crippen LogP contribution in [0.3, 0.4) is 0 Å². The van der Waals surface area contributed by atoms with E-state index in [0.29, 0.717) is 17.7 Å². The first kappa shape index (κ1) is 29.6. The number of esters is 1. The van der Waals surface area contributed by atoms with Crippen LogP contribution in [0.15, 0.2) is 42.5 Å². The smallest absolute Gasteiger partial charge is 0.338 e. The Bertz CT molecular complexity index is 989. The molecule has 0 saturated carbocycles. The molecule has 0 aromatic heterocycles. The van der Waals surface area contributed by atoms with Crippen molar-refractivity contribution in [3.63, 3.8) is 0 Å². The predicted molar refractivity (Wildman–Crippen MR) is 147 cm³/mol. The van der Waals surface area contributed by atoms with Crippen LogP contribution < -0.4 is 5.32 Å². The molecule has 0 bridgehead atoms. The van der Waals surface area contributed by atoms with Crippen molar-refractivity contribution >= 4 is 34.9 Å². The number of carbonyl (C=O) groups is 3. The highest BCUT2D eigenvalue weighted by Gasteiger charge is 2.16. The van der Waals surface area contributed by atoms with E-state index >= 15 is 0 Å². The average Bonchev–Trinajstić information content (AvgIpc) is 2.86. The fourth-order valence-corrected chi connectivity index (χ4v) is 4.25. The van der Waals surface area contributed by atoms with Crippen LogP contribution in [0.4, 0.5) is 5.69 Å². The van der Waals surface area contributed by atoms with Gasteiger partial charge in [0.05, 0.1) is 29.3 Å². The van der Waals surface area contributed by atoms with Crippen LogP contribution in [0.1, 0.15) is 110 Å². The molecular weight excluding hydrogens is 474 g/mol. The van der Waals surface area contributed by atoms with E-state index in [1.807, 2.05) is 19.1 Å². The molecule has 0 spiro atoms. The van der Waals surface area contributed by atoms with Crippen molar-refractivity contribution in [2.75, 3.05) is 11.9 Å². The van der Waals surface area contributed by atoms with E-state index in [1.165, 1.54) is 57.4 Å². The van der Waals surface area contributed by atoms with E-state index in [9.17, 15) is 14.4 Å². The van der Waals surface area contributed by atoms with Gasteiger partial charge < -0.3 is 10.1 Å². The molecule has 1 amide bonds. The number of hydrogen-bond donors (Lipinski definition) is 1. The summed E-state index contributed by atoms with van der Waals surface area (Å²) in [6.07, 6.45) is 13.2. The van der Waals surface area contributed by atoms with Gasteiger partial charge in [0.1, 0.15) is 0 Å². The molecular formula is C30H40ClNO4. The van der Waals surface area contributed by atoms with Crippen LogP contribution in [-0.2, 0) is 9.53 Å². The summed E-state index contributed by atoms with van der Waals surface area (Å²) in [7, 11) is 0. The molecule has 0 radical (unpaired) electrons. The van der Waals surface area contributed by atoms with Gasteiger partial charge in [-0.2, -0.15) is 0 Å². The molecule has 1 N–H and O–H groups in total.